The third-order valence-electron chi connectivity index (χ3n) is 4.60. The summed E-state index contributed by atoms with van der Waals surface area (Å²) < 4.78 is 19.0. The maximum atomic E-state index is 13.6. The predicted octanol–water partition coefficient (Wildman–Crippen LogP) is 1.94. The van der Waals surface area contributed by atoms with Crippen molar-refractivity contribution < 1.29 is 18.7 Å². The van der Waals surface area contributed by atoms with Gasteiger partial charge in [-0.1, -0.05) is 12.1 Å². The van der Waals surface area contributed by atoms with E-state index in [1.165, 1.54) is 12.1 Å². The highest BCUT2D eigenvalue weighted by Crippen LogP contribution is 2.31. The van der Waals surface area contributed by atoms with Crippen molar-refractivity contribution in [1.82, 2.24) is 10.2 Å². The Labute approximate surface area is 149 Å². The van der Waals surface area contributed by atoms with Crippen LogP contribution < -0.4 is 15.4 Å². The van der Waals surface area contributed by atoms with Crippen molar-refractivity contribution in [3.05, 3.63) is 59.4 Å². The van der Waals surface area contributed by atoms with Crippen molar-refractivity contribution in [2.24, 2.45) is 0 Å². The molecule has 0 aliphatic carbocycles. The molecule has 0 saturated carbocycles. The van der Waals surface area contributed by atoms with Crippen LogP contribution in [0.3, 0.4) is 0 Å². The molecule has 2 aromatic rings. The van der Waals surface area contributed by atoms with Crippen molar-refractivity contribution in [3.63, 3.8) is 0 Å². The number of hydrogen-bond donors (Lipinski definition) is 2. The zero-order valence-electron chi connectivity index (χ0n) is 14.0. The molecule has 0 radical (unpaired) electrons. The van der Waals surface area contributed by atoms with Gasteiger partial charge in [0, 0.05) is 25.2 Å². The molecule has 2 aliphatic heterocycles. The molecule has 7 heteroatoms. The third kappa shape index (κ3) is 3.13. The van der Waals surface area contributed by atoms with Crippen LogP contribution in [0.15, 0.2) is 42.5 Å². The van der Waals surface area contributed by atoms with E-state index < -0.39 is 0 Å². The average Bonchev–Trinajstić information content (AvgIpc) is 2.67. The number of benzene rings is 2. The monoisotopic (exact) mass is 355 g/mol. The predicted molar refractivity (Wildman–Crippen MR) is 93.6 cm³/mol. The number of rotatable bonds is 2. The summed E-state index contributed by atoms with van der Waals surface area (Å²) in [6.45, 7) is 1.70. The normalized spacial score (nSPS) is 19.3. The van der Waals surface area contributed by atoms with E-state index in [2.05, 4.69) is 10.6 Å². The molecule has 0 aromatic heterocycles. The fourth-order valence-corrected chi connectivity index (χ4v) is 3.33. The van der Waals surface area contributed by atoms with Crippen LogP contribution in [-0.2, 0) is 4.79 Å². The van der Waals surface area contributed by atoms with Crippen molar-refractivity contribution in [2.75, 3.05) is 31.6 Å². The van der Waals surface area contributed by atoms with Gasteiger partial charge in [0.25, 0.3) is 11.8 Å². The Hall–Kier alpha value is -2.93. The Bertz CT molecular complexity index is 871. The van der Waals surface area contributed by atoms with Crippen molar-refractivity contribution in [1.29, 1.82) is 0 Å². The van der Waals surface area contributed by atoms with Gasteiger partial charge in [-0.15, -0.1) is 0 Å². The molecule has 1 saturated heterocycles. The molecule has 26 heavy (non-hydrogen) atoms. The lowest BCUT2D eigenvalue weighted by molar-refractivity contribution is -0.118. The Kier molecular flexibility index (Phi) is 4.30. The Morgan fingerprint density at radius 1 is 1.23 bits per heavy atom. The minimum atomic E-state index is -0.321. The van der Waals surface area contributed by atoms with Crippen LogP contribution in [0.5, 0.6) is 5.75 Å². The van der Waals surface area contributed by atoms with Crippen LogP contribution in [0, 0.1) is 5.82 Å². The lowest BCUT2D eigenvalue weighted by atomic mass is 10.0. The van der Waals surface area contributed by atoms with E-state index in [1.54, 1.807) is 29.2 Å². The van der Waals surface area contributed by atoms with Gasteiger partial charge in [-0.3, -0.25) is 9.59 Å². The Morgan fingerprint density at radius 3 is 2.96 bits per heavy atom. The van der Waals surface area contributed by atoms with Crippen LogP contribution in [0.2, 0.25) is 0 Å². The second-order valence-corrected chi connectivity index (χ2v) is 6.32. The zero-order chi connectivity index (χ0) is 18.1. The third-order valence-corrected chi connectivity index (χ3v) is 4.60. The number of carbonyl (C=O) groups is 2. The van der Waals surface area contributed by atoms with Gasteiger partial charge in [-0.25, -0.2) is 4.39 Å². The summed E-state index contributed by atoms with van der Waals surface area (Å²) in [7, 11) is 0. The van der Waals surface area contributed by atoms with Gasteiger partial charge in [0.2, 0.25) is 0 Å². The molecule has 1 atom stereocenters. The minimum Gasteiger partial charge on any atom is -0.482 e. The van der Waals surface area contributed by atoms with E-state index >= 15 is 0 Å². The summed E-state index contributed by atoms with van der Waals surface area (Å²) in [4.78, 5) is 26.2. The summed E-state index contributed by atoms with van der Waals surface area (Å²) in [6.07, 6.45) is 0. The maximum Gasteiger partial charge on any atom is 0.262 e. The van der Waals surface area contributed by atoms with E-state index in [-0.39, 0.29) is 30.3 Å². The average molecular weight is 355 g/mol. The van der Waals surface area contributed by atoms with Crippen LogP contribution in [0.4, 0.5) is 10.1 Å². The highest BCUT2D eigenvalue weighted by Gasteiger charge is 2.29. The molecule has 134 valence electrons. The molecule has 0 spiro atoms. The second kappa shape index (κ2) is 6.76. The first-order valence-corrected chi connectivity index (χ1v) is 8.46. The summed E-state index contributed by atoms with van der Waals surface area (Å²) in [5.74, 6) is -0.208. The highest BCUT2D eigenvalue weighted by atomic mass is 19.1. The summed E-state index contributed by atoms with van der Waals surface area (Å²) in [5, 5.41) is 5.96. The molecule has 1 unspecified atom stereocenters. The number of nitrogens with zero attached hydrogens (tertiary/aromatic N) is 1. The van der Waals surface area contributed by atoms with Gasteiger partial charge in [0.05, 0.1) is 11.7 Å². The first-order valence-electron chi connectivity index (χ1n) is 8.46. The van der Waals surface area contributed by atoms with Gasteiger partial charge >= 0.3 is 0 Å². The molecule has 2 amide bonds. The molecule has 2 heterocycles. The minimum absolute atomic E-state index is 0.0653. The molecule has 2 N–H and O–H groups in total. The first kappa shape index (κ1) is 16.5. The fraction of sp³-hybridized carbons (Fsp3) is 0.263. The summed E-state index contributed by atoms with van der Waals surface area (Å²) in [5.41, 5.74) is 1.79. The maximum absolute atomic E-state index is 13.6. The number of anilines is 1. The molecular formula is C19H18FN3O3. The van der Waals surface area contributed by atoms with Crippen molar-refractivity contribution in [2.45, 2.75) is 6.04 Å². The smallest absolute Gasteiger partial charge is 0.262 e. The van der Waals surface area contributed by atoms with Crippen LogP contribution in [0.1, 0.15) is 22.0 Å². The Morgan fingerprint density at radius 2 is 2.12 bits per heavy atom. The van der Waals surface area contributed by atoms with Gasteiger partial charge in [-0.2, -0.15) is 0 Å². The molecule has 4 rings (SSSR count). The Balaban J connectivity index is 1.62. The number of amides is 2. The van der Waals surface area contributed by atoms with Gasteiger partial charge in [0.15, 0.2) is 6.61 Å². The quantitative estimate of drug-likeness (QED) is 0.864. The number of hydrogen-bond acceptors (Lipinski definition) is 4. The van der Waals surface area contributed by atoms with E-state index in [0.29, 0.717) is 36.6 Å². The lowest BCUT2D eigenvalue weighted by Gasteiger charge is -2.36. The van der Waals surface area contributed by atoms with Gasteiger partial charge < -0.3 is 20.3 Å². The molecule has 6 nitrogen and oxygen atoms in total. The molecule has 2 aliphatic rings. The van der Waals surface area contributed by atoms with Crippen LogP contribution in [-0.4, -0.2) is 43.0 Å². The van der Waals surface area contributed by atoms with Gasteiger partial charge in [-0.05, 0) is 35.9 Å². The number of halogens is 1. The standard InChI is InChI=1S/C19H18FN3O3/c20-14-3-1-2-12(8-14)16-10-21-6-7-23(16)19(25)13-4-5-15-17(9-13)26-11-18(24)22-15/h1-5,8-9,16,21H,6-7,10-11H2,(H,22,24). The largest absolute Gasteiger partial charge is 0.482 e. The van der Waals surface area contributed by atoms with Crippen molar-refractivity contribution >= 4 is 17.5 Å². The van der Waals surface area contributed by atoms with Gasteiger partial charge in [0.1, 0.15) is 11.6 Å². The molecule has 0 bridgehead atoms. The number of nitrogens with one attached hydrogen (secondary N) is 2. The van der Waals surface area contributed by atoms with E-state index in [0.717, 1.165) is 5.56 Å². The number of ether oxygens (including phenoxy) is 1. The van der Waals surface area contributed by atoms with E-state index in [9.17, 15) is 14.0 Å². The van der Waals surface area contributed by atoms with E-state index in [4.69, 9.17) is 4.74 Å². The number of carbonyl (C=O) groups excluding carboxylic acids is 2. The fourth-order valence-electron chi connectivity index (χ4n) is 3.33. The highest BCUT2D eigenvalue weighted by molar-refractivity contribution is 5.99. The number of piperazine rings is 1. The second-order valence-electron chi connectivity index (χ2n) is 6.32. The molecular weight excluding hydrogens is 337 g/mol. The van der Waals surface area contributed by atoms with Crippen molar-refractivity contribution in [3.8, 4) is 5.75 Å². The SMILES string of the molecule is O=C1COc2cc(C(=O)N3CCNCC3c3cccc(F)c3)ccc2N1. The number of fused-ring (bicyclic) bond motifs is 1. The van der Waals surface area contributed by atoms with Crippen LogP contribution in [0.25, 0.3) is 0 Å². The van der Waals surface area contributed by atoms with Crippen LogP contribution >= 0.6 is 0 Å². The molecule has 2 aromatic carbocycles. The zero-order valence-corrected chi connectivity index (χ0v) is 14.0. The molecule has 1 fully saturated rings. The first-order chi connectivity index (χ1) is 12.6. The lowest BCUT2D eigenvalue weighted by Crippen LogP contribution is -2.48. The summed E-state index contributed by atoms with van der Waals surface area (Å²) in [6, 6.07) is 11.1. The van der Waals surface area contributed by atoms with E-state index in [1.807, 2.05) is 6.07 Å². The summed E-state index contributed by atoms with van der Waals surface area (Å²) >= 11 is 0. The topological polar surface area (TPSA) is 70.7 Å².